The number of benzene rings is 2. The molecule has 2 N–H and O–H groups in total. The van der Waals surface area contributed by atoms with Crippen LogP contribution < -0.4 is 5.32 Å². The molecular weight excluding hydrogens is 358 g/mol. The second-order valence-electron chi connectivity index (χ2n) is 6.72. The lowest BCUT2D eigenvalue weighted by Crippen LogP contribution is -2.26. The third kappa shape index (κ3) is 5.18. The van der Waals surface area contributed by atoms with Crippen molar-refractivity contribution in [1.29, 1.82) is 0 Å². The number of carbonyl (C=O) groups excluding carboxylic acids is 1. The second kappa shape index (κ2) is 10.0. The summed E-state index contributed by atoms with van der Waals surface area (Å²) in [5, 5.41) is 12.3. The molecule has 2 aromatic carbocycles. The van der Waals surface area contributed by atoms with E-state index in [1.807, 2.05) is 0 Å². The van der Waals surface area contributed by atoms with Gasteiger partial charge in [-0.15, -0.1) is 0 Å². The molecule has 6 nitrogen and oxygen atoms in total. The molecule has 3 rings (SSSR count). The Hall–Kier alpha value is -2.70. The van der Waals surface area contributed by atoms with Crippen molar-refractivity contribution in [2.45, 2.75) is 25.4 Å². The number of carboxylic acids is 1. The van der Waals surface area contributed by atoms with E-state index in [9.17, 15) is 14.7 Å². The van der Waals surface area contributed by atoms with Gasteiger partial charge < -0.3 is 19.9 Å². The third-order valence-electron chi connectivity index (χ3n) is 4.70. The standard InChI is InChI=1S/C22H25NO5/c24-21(23-12-6-13-27-15-16-7-5-14-28-16)19-10-3-1-8-17(19)18-9-2-4-11-20(18)22(25)26/h1-4,8-11,16H,5-7,12-15H2,(H,23,24)(H,25,26). The molecule has 0 aromatic heterocycles. The van der Waals surface area contributed by atoms with Gasteiger partial charge in [0, 0.05) is 25.3 Å². The lowest BCUT2D eigenvalue weighted by molar-refractivity contribution is 0.0166. The summed E-state index contributed by atoms with van der Waals surface area (Å²) in [7, 11) is 0. The molecule has 0 radical (unpaired) electrons. The van der Waals surface area contributed by atoms with Crippen LogP contribution in [0.3, 0.4) is 0 Å². The van der Waals surface area contributed by atoms with Crippen LogP contribution in [0.15, 0.2) is 48.5 Å². The molecule has 2 aromatic rings. The monoisotopic (exact) mass is 383 g/mol. The molecule has 1 atom stereocenters. The Bertz CT molecular complexity index is 814. The van der Waals surface area contributed by atoms with E-state index < -0.39 is 5.97 Å². The first-order chi connectivity index (χ1) is 13.7. The van der Waals surface area contributed by atoms with Crippen molar-refractivity contribution in [2.24, 2.45) is 0 Å². The van der Waals surface area contributed by atoms with Crippen LogP contribution in [0.5, 0.6) is 0 Å². The summed E-state index contributed by atoms with van der Waals surface area (Å²) < 4.78 is 11.1. The average Bonchev–Trinajstić information content (AvgIpc) is 3.24. The molecule has 1 fully saturated rings. The summed E-state index contributed by atoms with van der Waals surface area (Å²) in [5.41, 5.74) is 1.76. The summed E-state index contributed by atoms with van der Waals surface area (Å²) >= 11 is 0. The number of aromatic carboxylic acids is 1. The van der Waals surface area contributed by atoms with Crippen molar-refractivity contribution in [1.82, 2.24) is 5.32 Å². The Labute approximate surface area is 164 Å². The summed E-state index contributed by atoms with van der Waals surface area (Å²) in [6.07, 6.45) is 3.04. The largest absolute Gasteiger partial charge is 0.478 e. The van der Waals surface area contributed by atoms with Crippen molar-refractivity contribution in [3.05, 3.63) is 59.7 Å². The fourth-order valence-electron chi connectivity index (χ4n) is 3.28. The summed E-state index contributed by atoms with van der Waals surface area (Å²) in [6, 6.07) is 13.7. The molecular formula is C22H25NO5. The van der Waals surface area contributed by atoms with E-state index in [4.69, 9.17) is 9.47 Å². The van der Waals surface area contributed by atoms with Crippen LogP contribution in [0.4, 0.5) is 0 Å². The molecule has 0 spiro atoms. The first kappa shape index (κ1) is 20.0. The number of rotatable bonds is 9. The molecule has 1 heterocycles. The van der Waals surface area contributed by atoms with Crippen molar-refractivity contribution >= 4 is 11.9 Å². The summed E-state index contributed by atoms with van der Waals surface area (Å²) in [4.78, 5) is 24.2. The molecule has 1 unspecified atom stereocenters. The molecule has 1 aliphatic heterocycles. The zero-order valence-electron chi connectivity index (χ0n) is 15.7. The predicted octanol–water partition coefficient (Wildman–Crippen LogP) is 3.37. The molecule has 6 heteroatoms. The number of hydrogen-bond acceptors (Lipinski definition) is 4. The van der Waals surface area contributed by atoms with E-state index >= 15 is 0 Å². The minimum Gasteiger partial charge on any atom is -0.478 e. The molecule has 148 valence electrons. The van der Waals surface area contributed by atoms with E-state index in [-0.39, 0.29) is 17.6 Å². The number of hydrogen-bond donors (Lipinski definition) is 2. The smallest absolute Gasteiger partial charge is 0.336 e. The summed E-state index contributed by atoms with van der Waals surface area (Å²) in [6.45, 7) is 2.46. The number of carbonyl (C=O) groups is 2. The lowest BCUT2D eigenvalue weighted by Gasteiger charge is -2.13. The molecule has 1 amide bonds. The van der Waals surface area contributed by atoms with Gasteiger partial charge in [-0.05, 0) is 42.5 Å². The van der Waals surface area contributed by atoms with Gasteiger partial charge in [-0.25, -0.2) is 4.79 Å². The van der Waals surface area contributed by atoms with Crippen LogP contribution in [0.2, 0.25) is 0 Å². The van der Waals surface area contributed by atoms with Gasteiger partial charge >= 0.3 is 5.97 Å². The number of ether oxygens (including phenoxy) is 2. The number of carboxylic acid groups (broad SMARTS) is 1. The third-order valence-corrected chi connectivity index (χ3v) is 4.70. The van der Waals surface area contributed by atoms with Crippen LogP contribution >= 0.6 is 0 Å². The van der Waals surface area contributed by atoms with Gasteiger partial charge in [-0.1, -0.05) is 36.4 Å². The van der Waals surface area contributed by atoms with Crippen molar-refractivity contribution < 1.29 is 24.2 Å². The summed E-state index contributed by atoms with van der Waals surface area (Å²) in [5.74, 6) is -1.25. The van der Waals surface area contributed by atoms with Crippen molar-refractivity contribution in [3.8, 4) is 11.1 Å². The first-order valence-electron chi connectivity index (χ1n) is 9.56. The molecule has 28 heavy (non-hydrogen) atoms. The van der Waals surface area contributed by atoms with Crippen molar-refractivity contribution in [2.75, 3.05) is 26.4 Å². The fraction of sp³-hybridized carbons (Fsp3) is 0.364. The van der Waals surface area contributed by atoms with E-state index in [0.717, 1.165) is 19.4 Å². The van der Waals surface area contributed by atoms with Crippen LogP contribution in [-0.4, -0.2) is 49.5 Å². The van der Waals surface area contributed by atoms with E-state index in [1.54, 1.807) is 42.5 Å². The predicted molar refractivity (Wildman–Crippen MR) is 106 cm³/mol. The van der Waals surface area contributed by atoms with E-state index in [0.29, 0.717) is 42.9 Å². The number of nitrogens with one attached hydrogen (secondary N) is 1. The highest BCUT2D eigenvalue weighted by molar-refractivity contribution is 6.04. The molecule has 0 aliphatic carbocycles. The van der Waals surface area contributed by atoms with Gasteiger partial charge in [0.1, 0.15) is 0 Å². The zero-order valence-corrected chi connectivity index (χ0v) is 15.7. The van der Waals surface area contributed by atoms with Crippen LogP contribution in [0.1, 0.15) is 40.0 Å². The topological polar surface area (TPSA) is 84.9 Å². The van der Waals surface area contributed by atoms with Gasteiger partial charge in [0.25, 0.3) is 5.91 Å². The van der Waals surface area contributed by atoms with Gasteiger partial charge in [0.15, 0.2) is 0 Å². The highest BCUT2D eigenvalue weighted by atomic mass is 16.5. The van der Waals surface area contributed by atoms with Crippen LogP contribution in [0.25, 0.3) is 11.1 Å². The maximum absolute atomic E-state index is 12.6. The minimum absolute atomic E-state index is 0.172. The molecule has 1 saturated heterocycles. The van der Waals surface area contributed by atoms with Gasteiger partial charge in [0.2, 0.25) is 0 Å². The Morgan fingerprint density at radius 2 is 1.75 bits per heavy atom. The highest BCUT2D eigenvalue weighted by Gasteiger charge is 2.17. The molecule has 0 saturated carbocycles. The SMILES string of the molecule is O=C(O)c1ccccc1-c1ccccc1C(=O)NCCCOCC1CCCO1. The Morgan fingerprint density at radius 1 is 1.07 bits per heavy atom. The maximum Gasteiger partial charge on any atom is 0.336 e. The second-order valence-corrected chi connectivity index (χ2v) is 6.72. The minimum atomic E-state index is -1.02. The molecule has 0 bridgehead atoms. The van der Waals surface area contributed by atoms with Crippen molar-refractivity contribution in [3.63, 3.8) is 0 Å². The Morgan fingerprint density at radius 3 is 2.43 bits per heavy atom. The first-order valence-corrected chi connectivity index (χ1v) is 9.56. The zero-order chi connectivity index (χ0) is 19.8. The molecule has 1 aliphatic rings. The maximum atomic E-state index is 12.6. The van der Waals surface area contributed by atoms with Crippen LogP contribution in [0, 0.1) is 0 Å². The average molecular weight is 383 g/mol. The lowest BCUT2D eigenvalue weighted by atomic mass is 9.95. The normalized spacial score (nSPS) is 16.1. The number of amides is 1. The van der Waals surface area contributed by atoms with Gasteiger partial charge in [-0.2, -0.15) is 0 Å². The van der Waals surface area contributed by atoms with Gasteiger partial charge in [0.05, 0.1) is 18.3 Å². The van der Waals surface area contributed by atoms with E-state index in [1.165, 1.54) is 6.07 Å². The fourth-order valence-corrected chi connectivity index (χ4v) is 3.28. The van der Waals surface area contributed by atoms with Crippen LogP contribution in [-0.2, 0) is 9.47 Å². The highest BCUT2D eigenvalue weighted by Crippen LogP contribution is 2.27. The van der Waals surface area contributed by atoms with E-state index in [2.05, 4.69) is 5.32 Å². The Kier molecular flexibility index (Phi) is 7.17. The Balaban J connectivity index is 1.57. The quantitative estimate of drug-likeness (QED) is 0.649. The van der Waals surface area contributed by atoms with Gasteiger partial charge in [-0.3, -0.25) is 4.79 Å².